The van der Waals surface area contributed by atoms with Crippen LogP contribution in [0.3, 0.4) is 0 Å². The molecule has 4 heterocycles. The Morgan fingerprint density at radius 2 is 1.93 bits per heavy atom. The number of nitrogens with zero attached hydrogens (tertiary/aromatic N) is 1. The number of amides is 2. The summed E-state index contributed by atoms with van der Waals surface area (Å²) in [5, 5.41) is 3.24. The lowest BCUT2D eigenvalue weighted by Gasteiger charge is -2.41. The van der Waals surface area contributed by atoms with Crippen LogP contribution in [-0.4, -0.2) is 35.6 Å². The van der Waals surface area contributed by atoms with Gasteiger partial charge in [0.15, 0.2) is 5.75 Å². The molecule has 2 aliphatic rings. The van der Waals surface area contributed by atoms with E-state index in [4.69, 9.17) is 19.9 Å². The van der Waals surface area contributed by atoms with E-state index >= 15 is 0 Å². The lowest BCUT2D eigenvalue weighted by Crippen LogP contribution is -2.42. The first kappa shape index (κ1) is 19.7. The Bertz CT molecular complexity index is 1010. The molecule has 3 N–H and O–H groups in total. The summed E-state index contributed by atoms with van der Waals surface area (Å²) >= 11 is 1.32. The van der Waals surface area contributed by atoms with E-state index in [0.717, 1.165) is 10.4 Å². The van der Waals surface area contributed by atoms with Gasteiger partial charge in [-0.3, -0.25) is 9.59 Å². The van der Waals surface area contributed by atoms with E-state index in [1.165, 1.54) is 17.5 Å². The Morgan fingerprint density at radius 3 is 2.66 bits per heavy atom. The van der Waals surface area contributed by atoms with Gasteiger partial charge in [-0.15, -0.1) is 11.3 Å². The predicted molar refractivity (Wildman–Crippen MR) is 108 cm³/mol. The van der Waals surface area contributed by atoms with E-state index < -0.39 is 23.0 Å². The fraction of sp³-hybridized carbons (Fsp3) is 0.450. The summed E-state index contributed by atoms with van der Waals surface area (Å²) in [4.78, 5) is 30.1. The standard InChI is InChI=1S/C20H23N3O5S/c1-19(2)8-11-13(15(21)24)18(29-14(11)20(3,4)28-19)23-16(25)10-7-12-17(22-9-10)27-6-5-26-12/h7,9H,5-6,8H2,1-4H3,(H2,21,24)(H,23,25). The first-order chi connectivity index (χ1) is 13.6. The molecule has 0 fully saturated rings. The van der Waals surface area contributed by atoms with Crippen molar-refractivity contribution >= 4 is 28.2 Å². The average Bonchev–Trinajstić information content (AvgIpc) is 2.98. The largest absolute Gasteiger partial charge is 0.484 e. The number of nitrogens with two attached hydrogens (primary N) is 1. The fourth-order valence-electron chi connectivity index (χ4n) is 3.90. The van der Waals surface area contributed by atoms with Gasteiger partial charge in [-0.2, -0.15) is 0 Å². The van der Waals surface area contributed by atoms with Crippen LogP contribution in [0.25, 0.3) is 0 Å². The van der Waals surface area contributed by atoms with Gasteiger partial charge in [-0.1, -0.05) is 0 Å². The average molecular weight is 417 g/mol. The summed E-state index contributed by atoms with van der Waals surface area (Å²) in [6, 6.07) is 1.57. The molecule has 0 saturated heterocycles. The van der Waals surface area contributed by atoms with E-state index in [1.807, 2.05) is 27.7 Å². The lowest BCUT2D eigenvalue weighted by molar-refractivity contribution is -0.135. The minimum absolute atomic E-state index is 0.298. The number of fused-ring (bicyclic) bond motifs is 2. The van der Waals surface area contributed by atoms with E-state index in [-0.39, 0.29) is 0 Å². The molecule has 29 heavy (non-hydrogen) atoms. The second-order valence-corrected chi connectivity index (χ2v) is 9.23. The minimum atomic E-state index is -0.604. The zero-order chi connectivity index (χ0) is 21.0. The Labute approximate surface area is 172 Å². The van der Waals surface area contributed by atoms with Crippen LogP contribution in [0.1, 0.15) is 58.9 Å². The number of rotatable bonds is 3. The van der Waals surface area contributed by atoms with Crippen molar-refractivity contribution in [3.8, 4) is 11.6 Å². The van der Waals surface area contributed by atoms with Crippen molar-refractivity contribution in [2.45, 2.75) is 45.3 Å². The quantitative estimate of drug-likeness (QED) is 0.794. The molecule has 2 amide bonds. The molecule has 0 aromatic carbocycles. The topological polar surface area (TPSA) is 113 Å². The van der Waals surface area contributed by atoms with Crippen molar-refractivity contribution in [3.63, 3.8) is 0 Å². The third kappa shape index (κ3) is 3.56. The Kier molecular flexibility index (Phi) is 4.54. The van der Waals surface area contributed by atoms with E-state index in [9.17, 15) is 9.59 Å². The van der Waals surface area contributed by atoms with E-state index in [1.54, 1.807) is 6.07 Å². The highest BCUT2D eigenvalue weighted by Crippen LogP contribution is 2.48. The van der Waals surface area contributed by atoms with Crippen LogP contribution in [-0.2, 0) is 16.8 Å². The van der Waals surface area contributed by atoms with Crippen LogP contribution >= 0.6 is 11.3 Å². The first-order valence-corrected chi connectivity index (χ1v) is 10.1. The number of ether oxygens (including phenoxy) is 3. The van der Waals surface area contributed by atoms with Gasteiger partial charge in [0.05, 0.1) is 22.3 Å². The second-order valence-electron chi connectivity index (χ2n) is 8.21. The number of aromatic nitrogens is 1. The normalized spacial score (nSPS) is 18.6. The van der Waals surface area contributed by atoms with E-state index in [2.05, 4.69) is 10.3 Å². The number of nitrogens with one attached hydrogen (secondary N) is 1. The summed E-state index contributed by atoms with van der Waals surface area (Å²) in [6.45, 7) is 8.66. The molecule has 0 bridgehead atoms. The monoisotopic (exact) mass is 417 g/mol. The first-order valence-electron chi connectivity index (χ1n) is 9.30. The number of anilines is 1. The molecule has 0 spiro atoms. The third-order valence-electron chi connectivity index (χ3n) is 4.82. The van der Waals surface area contributed by atoms with Crippen LogP contribution in [0.4, 0.5) is 5.00 Å². The van der Waals surface area contributed by atoms with Gasteiger partial charge in [0, 0.05) is 23.6 Å². The molecular formula is C20H23N3O5S. The highest BCUT2D eigenvalue weighted by atomic mass is 32.1. The SMILES string of the molecule is CC1(C)Cc2c(sc(NC(=O)c3cnc4c(c3)OCCO4)c2C(N)=O)C(C)(C)O1. The summed E-state index contributed by atoms with van der Waals surface area (Å²) in [5.74, 6) is -0.209. The van der Waals surface area contributed by atoms with Gasteiger partial charge >= 0.3 is 0 Å². The number of primary amides is 1. The molecule has 2 aliphatic heterocycles. The van der Waals surface area contributed by atoms with E-state index in [0.29, 0.717) is 47.4 Å². The highest BCUT2D eigenvalue weighted by Gasteiger charge is 2.43. The summed E-state index contributed by atoms with van der Waals surface area (Å²) in [6.07, 6.45) is 1.94. The molecule has 0 aliphatic carbocycles. The molecule has 0 radical (unpaired) electrons. The van der Waals surface area contributed by atoms with Gasteiger partial charge in [-0.05, 0) is 33.3 Å². The summed E-state index contributed by atoms with van der Waals surface area (Å²) in [7, 11) is 0. The molecule has 154 valence electrons. The highest BCUT2D eigenvalue weighted by molar-refractivity contribution is 7.17. The smallest absolute Gasteiger partial charge is 0.257 e. The van der Waals surface area contributed by atoms with Gasteiger partial charge in [0.2, 0.25) is 0 Å². The molecule has 8 nitrogen and oxygen atoms in total. The van der Waals surface area contributed by atoms with Crippen molar-refractivity contribution in [1.82, 2.24) is 4.98 Å². The zero-order valence-corrected chi connectivity index (χ0v) is 17.6. The Balaban J connectivity index is 1.70. The van der Waals surface area contributed by atoms with Crippen LogP contribution in [0.5, 0.6) is 11.6 Å². The van der Waals surface area contributed by atoms with Crippen molar-refractivity contribution in [2.24, 2.45) is 5.73 Å². The molecule has 9 heteroatoms. The second kappa shape index (κ2) is 6.70. The predicted octanol–water partition coefficient (Wildman–Crippen LogP) is 2.85. The number of hydrogen-bond acceptors (Lipinski definition) is 7. The molecule has 2 aromatic heterocycles. The molecular weight excluding hydrogens is 394 g/mol. The van der Waals surface area contributed by atoms with Gasteiger partial charge < -0.3 is 25.3 Å². The molecule has 0 unspecified atom stereocenters. The molecule has 0 atom stereocenters. The van der Waals surface area contributed by atoms with Gasteiger partial charge in [0.1, 0.15) is 18.2 Å². The number of thiophene rings is 1. The molecule has 4 rings (SSSR count). The number of hydrogen-bond donors (Lipinski definition) is 2. The van der Waals surface area contributed by atoms with Crippen molar-refractivity contribution in [1.29, 1.82) is 0 Å². The Hall–Kier alpha value is -2.65. The lowest BCUT2D eigenvalue weighted by atomic mass is 9.86. The maximum absolute atomic E-state index is 12.9. The fourth-order valence-corrected chi connectivity index (χ4v) is 5.16. The minimum Gasteiger partial charge on any atom is -0.484 e. The zero-order valence-electron chi connectivity index (χ0n) is 16.8. The third-order valence-corrected chi connectivity index (χ3v) is 6.27. The number of carbonyl (C=O) groups is 2. The van der Waals surface area contributed by atoms with Gasteiger partial charge in [-0.25, -0.2) is 4.98 Å². The summed E-state index contributed by atoms with van der Waals surface area (Å²) < 4.78 is 17.1. The van der Waals surface area contributed by atoms with Crippen LogP contribution < -0.4 is 20.5 Å². The maximum atomic E-state index is 12.9. The van der Waals surface area contributed by atoms with Crippen LogP contribution in [0.2, 0.25) is 0 Å². The van der Waals surface area contributed by atoms with Crippen molar-refractivity contribution in [3.05, 3.63) is 33.8 Å². The molecule has 0 saturated carbocycles. The summed E-state index contributed by atoms with van der Waals surface area (Å²) in [5.41, 5.74) is 6.11. The van der Waals surface area contributed by atoms with Crippen LogP contribution in [0, 0.1) is 0 Å². The van der Waals surface area contributed by atoms with Crippen molar-refractivity contribution < 1.29 is 23.8 Å². The maximum Gasteiger partial charge on any atom is 0.257 e. The Morgan fingerprint density at radius 1 is 1.21 bits per heavy atom. The molecule has 2 aromatic rings. The van der Waals surface area contributed by atoms with Crippen LogP contribution in [0.15, 0.2) is 12.3 Å². The number of carbonyl (C=O) groups excluding carboxylic acids is 2. The van der Waals surface area contributed by atoms with Gasteiger partial charge in [0.25, 0.3) is 17.7 Å². The van der Waals surface area contributed by atoms with Crippen molar-refractivity contribution in [2.75, 3.05) is 18.5 Å². The number of pyridine rings is 1.